The van der Waals surface area contributed by atoms with E-state index in [0.29, 0.717) is 0 Å². The lowest BCUT2D eigenvalue weighted by Crippen LogP contribution is -2.32. The predicted molar refractivity (Wildman–Crippen MR) is 65.0 cm³/mol. The molecule has 0 aliphatic rings. The van der Waals surface area contributed by atoms with Gasteiger partial charge in [-0.2, -0.15) is 0 Å². The van der Waals surface area contributed by atoms with Gasteiger partial charge in [0.2, 0.25) is 0 Å². The van der Waals surface area contributed by atoms with Gasteiger partial charge >= 0.3 is 0 Å². The van der Waals surface area contributed by atoms with Crippen LogP contribution in [0.15, 0.2) is 30.6 Å². The third kappa shape index (κ3) is 7.99. The van der Waals surface area contributed by atoms with Crippen molar-refractivity contribution in [2.24, 2.45) is 0 Å². The van der Waals surface area contributed by atoms with Crippen LogP contribution < -0.4 is 4.57 Å². The Morgan fingerprint density at radius 1 is 0.875 bits per heavy atom. The molecule has 1 aromatic heterocycles. The highest BCUT2D eigenvalue weighted by atomic mass is 14.9. The fourth-order valence-corrected chi connectivity index (χ4v) is 1.66. The van der Waals surface area contributed by atoms with E-state index in [9.17, 15) is 0 Å². The molecule has 0 N–H and O–H groups in total. The molecule has 0 unspecified atom stereocenters. The summed E-state index contributed by atoms with van der Waals surface area (Å²) < 4.78 is 2.26. The van der Waals surface area contributed by atoms with Gasteiger partial charge in [0.15, 0.2) is 12.4 Å². The van der Waals surface area contributed by atoms with Crippen LogP contribution >= 0.6 is 0 Å². The van der Waals surface area contributed by atoms with Crippen molar-refractivity contribution in [1.29, 1.82) is 5.26 Å². The second-order valence-corrected chi connectivity index (χ2v) is 3.88. The summed E-state index contributed by atoms with van der Waals surface area (Å²) in [6, 6.07) is 6.26. The van der Waals surface area contributed by atoms with Crippen molar-refractivity contribution in [3.63, 3.8) is 0 Å². The number of pyridine rings is 1. The first kappa shape index (κ1) is 14.6. The molecule has 88 valence electrons. The minimum Gasteiger partial charge on any atom is -0.512 e. The smallest absolute Gasteiger partial charge is 0.168 e. The van der Waals surface area contributed by atoms with Gasteiger partial charge in [-0.25, -0.2) is 4.57 Å². The highest BCUT2D eigenvalue weighted by molar-refractivity contribution is 4.83. The second kappa shape index (κ2) is 11.7. The van der Waals surface area contributed by atoms with Crippen LogP contribution in [0.1, 0.15) is 45.4 Å². The molecule has 2 heteroatoms. The van der Waals surface area contributed by atoms with E-state index >= 15 is 0 Å². The third-order valence-electron chi connectivity index (χ3n) is 2.55. The maximum atomic E-state index is 6.25. The number of hydrogen-bond acceptors (Lipinski definition) is 1. The SMILES string of the molecule is CCCCCCCC[n+]1ccccc1.[C-]#N. The first-order valence-corrected chi connectivity index (χ1v) is 6.10. The molecule has 1 rings (SSSR count). The molecule has 2 nitrogen and oxygen atoms in total. The maximum absolute atomic E-state index is 6.25. The maximum Gasteiger partial charge on any atom is 0.168 e. The Labute approximate surface area is 99.5 Å². The average molecular weight is 218 g/mol. The topological polar surface area (TPSA) is 27.7 Å². The lowest BCUT2D eigenvalue weighted by atomic mass is 10.1. The molecule has 0 aliphatic carbocycles. The van der Waals surface area contributed by atoms with Crippen LogP contribution in [-0.4, -0.2) is 0 Å². The van der Waals surface area contributed by atoms with Gasteiger partial charge in [-0.15, -0.1) is 0 Å². The molecule has 0 saturated carbocycles. The van der Waals surface area contributed by atoms with Gasteiger partial charge in [0.1, 0.15) is 6.54 Å². The van der Waals surface area contributed by atoms with E-state index in [4.69, 9.17) is 11.8 Å². The van der Waals surface area contributed by atoms with Crippen molar-refractivity contribution in [1.82, 2.24) is 0 Å². The summed E-state index contributed by atoms with van der Waals surface area (Å²) in [6.45, 7) is 8.19. The summed E-state index contributed by atoms with van der Waals surface area (Å²) in [4.78, 5) is 0. The molecule has 0 atom stereocenters. The van der Waals surface area contributed by atoms with Crippen LogP contribution in [0.3, 0.4) is 0 Å². The number of hydrogen-bond donors (Lipinski definition) is 0. The highest BCUT2D eigenvalue weighted by Gasteiger charge is 1.96. The Hall–Kier alpha value is -1.36. The lowest BCUT2D eigenvalue weighted by Gasteiger charge is -1.98. The van der Waals surface area contributed by atoms with E-state index in [1.54, 1.807) is 0 Å². The standard InChI is InChI=1S/C13H22N.CN/c1-2-3-4-5-6-8-11-14-12-9-7-10-13-14;1-2/h7,9-10,12-13H,2-6,8,11H2,1H3;/q+1;-1. The summed E-state index contributed by atoms with van der Waals surface area (Å²) in [5.41, 5.74) is 0. The molecule has 16 heavy (non-hydrogen) atoms. The number of rotatable bonds is 7. The molecule has 0 amide bonds. The van der Waals surface area contributed by atoms with Gasteiger partial charge in [0.25, 0.3) is 0 Å². The summed E-state index contributed by atoms with van der Waals surface area (Å²) in [7, 11) is 0. The summed E-state index contributed by atoms with van der Waals surface area (Å²) in [6.07, 6.45) is 12.5. The van der Waals surface area contributed by atoms with Gasteiger partial charge in [-0.3, -0.25) is 0 Å². The summed E-state index contributed by atoms with van der Waals surface area (Å²) in [5, 5.41) is 6.25. The van der Waals surface area contributed by atoms with Crippen molar-refractivity contribution >= 4 is 0 Å². The van der Waals surface area contributed by atoms with Crippen molar-refractivity contribution in [2.45, 2.75) is 52.0 Å². The van der Waals surface area contributed by atoms with E-state index in [1.807, 2.05) is 0 Å². The van der Waals surface area contributed by atoms with Gasteiger partial charge in [-0.05, 0) is 6.42 Å². The largest absolute Gasteiger partial charge is 0.512 e. The van der Waals surface area contributed by atoms with E-state index in [-0.39, 0.29) is 0 Å². The van der Waals surface area contributed by atoms with Gasteiger partial charge in [0.05, 0.1) is 0 Å². The first-order valence-electron chi connectivity index (χ1n) is 6.10. The normalized spacial score (nSPS) is 9.19. The minimum absolute atomic E-state index is 1.17. The molecule has 1 heterocycles. The quantitative estimate of drug-likeness (QED) is 0.391. The van der Waals surface area contributed by atoms with Crippen LogP contribution in [0.4, 0.5) is 0 Å². The molecule has 0 fully saturated rings. The Bertz CT molecular complexity index is 254. The Morgan fingerprint density at radius 2 is 1.44 bits per heavy atom. The average Bonchev–Trinajstić information content (AvgIpc) is 2.37. The van der Waals surface area contributed by atoms with Crippen LogP contribution in [0.2, 0.25) is 0 Å². The molecule has 0 aromatic carbocycles. The second-order valence-electron chi connectivity index (χ2n) is 3.88. The zero-order chi connectivity index (χ0) is 12.1. The third-order valence-corrected chi connectivity index (χ3v) is 2.55. The molecule has 0 saturated heterocycles. The molecule has 0 radical (unpaired) electrons. The molecule has 1 aromatic rings. The highest BCUT2D eigenvalue weighted by Crippen LogP contribution is 2.04. The van der Waals surface area contributed by atoms with E-state index in [0.717, 1.165) is 0 Å². The predicted octanol–water partition coefficient (Wildman–Crippen LogP) is 3.43. The fraction of sp³-hybridized carbons (Fsp3) is 0.571. The van der Waals surface area contributed by atoms with Gasteiger partial charge in [-0.1, -0.05) is 38.7 Å². The Kier molecular flexibility index (Phi) is 10.7. The van der Waals surface area contributed by atoms with E-state index < -0.39 is 0 Å². The van der Waals surface area contributed by atoms with Crippen molar-refractivity contribution < 1.29 is 4.57 Å². The lowest BCUT2D eigenvalue weighted by molar-refractivity contribution is -0.697. The monoisotopic (exact) mass is 218 g/mol. The molecular formula is C14H22N2. The number of aryl methyl sites for hydroxylation is 1. The molecule has 0 aliphatic heterocycles. The van der Waals surface area contributed by atoms with E-state index in [2.05, 4.69) is 42.1 Å². The van der Waals surface area contributed by atoms with Crippen LogP contribution in [0.25, 0.3) is 0 Å². The van der Waals surface area contributed by atoms with Crippen LogP contribution in [0.5, 0.6) is 0 Å². The summed E-state index contributed by atoms with van der Waals surface area (Å²) >= 11 is 0. The zero-order valence-electron chi connectivity index (χ0n) is 10.2. The fourth-order valence-electron chi connectivity index (χ4n) is 1.66. The zero-order valence-corrected chi connectivity index (χ0v) is 10.2. The number of nitrogens with zero attached hydrogens (tertiary/aromatic N) is 2. The molecular weight excluding hydrogens is 196 g/mol. The van der Waals surface area contributed by atoms with Crippen molar-refractivity contribution in [3.05, 3.63) is 37.2 Å². The summed E-state index contributed by atoms with van der Waals surface area (Å²) in [5.74, 6) is 0. The first-order chi connectivity index (χ1) is 7.93. The van der Waals surface area contributed by atoms with Crippen molar-refractivity contribution in [2.75, 3.05) is 0 Å². The van der Waals surface area contributed by atoms with E-state index in [1.165, 1.54) is 45.1 Å². The number of aromatic nitrogens is 1. The Morgan fingerprint density at radius 3 is 2.06 bits per heavy atom. The Balaban J connectivity index is 0.00000106. The number of unbranched alkanes of at least 4 members (excludes halogenated alkanes) is 5. The minimum atomic E-state index is 1.17. The van der Waals surface area contributed by atoms with Crippen LogP contribution in [-0.2, 0) is 6.54 Å². The molecule has 0 spiro atoms. The van der Waals surface area contributed by atoms with Crippen molar-refractivity contribution in [3.8, 4) is 0 Å². The van der Waals surface area contributed by atoms with Gasteiger partial charge in [0, 0.05) is 18.6 Å². The van der Waals surface area contributed by atoms with Gasteiger partial charge < -0.3 is 11.8 Å². The van der Waals surface area contributed by atoms with Crippen LogP contribution in [0, 0.1) is 11.8 Å². The molecule has 0 bridgehead atoms.